The minimum absolute atomic E-state index is 0.244. The first-order chi connectivity index (χ1) is 11.9. The van der Waals surface area contributed by atoms with Crippen LogP contribution in [0.3, 0.4) is 0 Å². The summed E-state index contributed by atoms with van der Waals surface area (Å²) >= 11 is 2.77. The molecule has 3 rings (SSSR count). The van der Waals surface area contributed by atoms with Gasteiger partial charge in [-0.25, -0.2) is 22.5 Å². The Balaban J connectivity index is 1.73. The molecule has 0 bridgehead atoms. The molecule has 0 N–H and O–H groups in total. The Kier molecular flexibility index (Phi) is 4.94. The number of aromatic nitrogens is 1. The molecule has 4 nitrogen and oxygen atoms in total. The van der Waals surface area contributed by atoms with Crippen molar-refractivity contribution in [3.05, 3.63) is 57.7 Å². The molecule has 1 aliphatic heterocycles. The van der Waals surface area contributed by atoms with Gasteiger partial charge in [-0.2, -0.15) is 0 Å². The molecule has 25 heavy (non-hydrogen) atoms. The van der Waals surface area contributed by atoms with Crippen LogP contribution in [-0.4, -0.2) is 42.0 Å². The van der Waals surface area contributed by atoms with Crippen LogP contribution in [0, 0.1) is 23.3 Å². The highest BCUT2D eigenvalue weighted by Crippen LogP contribution is 2.25. The van der Waals surface area contributed by atoms with E-state index in [2.05, 4.69) is 20.9 Å². The average Bonchev–Trinajstić information content (AvgIpc) is 2.63. The molecule has 1 aromatic carbocycles. The van der Waals surface area contributed by atoms with Gasteiger partial charge >= 0.3 is 0 Å². The van der Waals surface area contributed by atoms with Crippen molar-refractivity contribution in [3.8, 4) is 0 Å². The van der Waals surface area contributed by atoms with E-state index < -0.39 is 34.7 Å². The molecule has 0 atom stereocenters. The van der Waals surface area contributed by atoms with Gasteiger partial charge in [0.25, 0.3) is 5.91 Å². The van der Waals surface area contributed by atoms with E-state index in [1.54, 1.807) is 0 Å². The molecule has 0 spiro atoms. The Morgan fingerprint density at radius 3 is 2.28 bits per heavy atom. The minimum Gasteiger partial charge on any atom is -0.353 e. The summed E-state index contributed by atoms with van der Waals surface area (Å²) in [5, 5.41) is 0. The summed E-state index contributed by atoms with van der Waals surface area (Å²) in [6.07, 6.45) is 1.10. The number of amides is 1. The molecule has 2 aromatic rings. The predicted molar refractivity (Wildman–Crippen MR) is 86.3 cm³/mol. The van der Waals surface area contributed by atoms with Gasteiger partial charge in [0.2, 0.25) is 0 Å². The number of nitrogens with zero attached hydrogens (tertiary/aromatic N) is 3. The lowest BCUT2D eigenvalue weighted by atomic mass is 10.1. The molecule has 1 amide bonds. The molecule has 0 saturated carbocycles. The SMILES string of the molecule is O=C(c1cc(Br)c(F)c(F)c1F)N1CCN(c2ccc(F)cn2)CC1. The lowest BCUT2D eigenvalue weighted by Gasteiger charge is -2.35. The molecular formula is C16H12BrF4N3O. The lowest BCUT2D eigenvalue weighted by Crippen LogP contribution is -2.49. The second kappa shape index (κ2) is 6.99. The van der Waals surface area contributed by atoms with Gasteiger partial charge in [-0.1, -0.05) is 0 Å². The van der Waals surface area contributed by atoms with Gasteiger partial charge in [0.05, 0.1) is 16.2 Å². The van der Waals surface area contributed by atoms with Crippen molar-refractivity contribution in [3.63, 3.8) is 0 Å². The van der Waals surface area contributed by atoms with Crippen molar-refractivity contribution in [2.45, 2.75) is 0 Å². The normalized spacial score (nSPS) is 14.8. The quantitative estimate of drug-likeness (QED) is 0.427. The van der Waals surface area contributed by atoms with E-state index in [-0.39, 0.29) is 17.6 Å². The van der Waals surface area contributed by atoms with Crippen LogP contribution in [0.2, 0.25) is 0 Å². The van der Waals surface area contributed by atoms with Crippen molar-refractivity contribution in [1.82, 2.24) is 9.88 Å². The molecular weight excluding hydrogens is 406 g/mol. The smallest absolute Gasteiger partial charge is 0.257 e. The van der Waals surface area contributed by atoms with Gasteiger partial charge in [0.15, 0.2) is 17.5 Å². The number of carbonyl (C=O) groups is 1. The van der Waals surface area contributed by atoms with Crippen LogP contribution in [-0.2, 0) is 0 Å². The number of piperazine rings is 1. The van der Waals surface area contributed by atoms with Crippen molar-refractivity contribution in [2.24, 2.45) is 0 Å². The van der Waals surface area contributed by atoms with Crippen LogP contribution in [0.1, 0.15) is 10.4 Å². The second-order valence-electron chi connectivity index (χ2n) is 5.46. The third-order valence-corrected chi connectivity index (χ3v) is 4.51. The average molecular weight is 418 g/mol. The minimum atomic E-state index is -1.69. The maximum Gasteiger partial charge on any atom is 0.257 e. The monoisotopic (exact) mass is 417 g/mol. The van der Waals surface area contributed by atoms with E-state index in [1.807, 2.05) is 4.90 Å². The van der Waals surface area contributed by atoms with Crippen LogP contribution in [0.15, 0.2) is 28.9 Å². The van der Waals surface area contributed by atoms with E-state index >= 15 is 0 Å². The highest BCUT2D eigenvalue weighted by Gasteiger charge is 2.28. The summed E-state index contributed by atoms with van der Waals surface area (Å²) in [7, 11) is 0. The summed E-state index contributed by atoms with van der Waals surface area (Å²) in [6.45, 7) is 1.29. The van der Waals surface area contributed by atoms with E-state index in [1.165, 1.54) is 17.0 Å². The molecule has 9 heteroatoms. The van der Waals surface area contributed by atoms with Gasteiger partial charge < -0.3 is 9.80 Å². The van der Waals surface area contributed by atoms with E-state index in [0.717, 1.165) is 12.3 Å². The molecule has 1 fully saturated rings. The first-order valence-electron chi connectivity index (χ1n) is 7.37. The summed E-state index contributed by atoms with van der Waals surface area (Å²) in [6, 6.07) is 3.75. The van der Waals surface area contributed by atoms with Gasteiger partial charge in [0, 0.05) is 26.2 Å². The van der Waals surface area contributed by atoms with Gasteiger partial charge in [0.1, 0.15) is 11.6 Å². The lowest BCUT2D eigenvalue weighted by molar-refractivity contribution is 0.0740. The van der Waals surface area contributed by atoms with Gasteiger partial charge in [-0.15, -0.1) is 0 Å². The Hall–Kier alpha value is -2.16. The van der Waals surface area contributed by atoms with Crippen LogP contribution in [0.5, 0.6) is 0 Å². The molecule has 1 aliphatic rings. The fourth-order valence-electron chi connectivity index (χ4n) is 2.59. The zero-order chi connectivity index (χ0) is 18.1. The molecule has 1 aromatic heterocycles. The number of benzene rings is 1. The van der Waals surface area contributed by atoms with Gasteiger partial charge in [-0.05, 0) is 34.1 Å². The predicted octanol–water partition coefficient (Wildman–Crippen LogP) is 3.36. The van der Waals surface area contributed by atoms with Crippen LogP contribution in [0.25, 0.3) is 0 Å². The molecule has 132 valence electrons. The van der Waals surface area contributed by atoms with Gasteiger partial charge in [-0.3, -0.25) is 4.79 Å². The van der Waals surface area contributed by atoms with E-state index in [9.17, 15) is 22.4 Å². The highest BCUT2D eigenvalue weighted by atomic mass is 79.9. The third kappa shape index (κ3) is 3.46. The second-order valence-corrected chi connectivity index (χ2v) is 6.32. The number of hydrogen-bond acceptors (Lipinski definition) is 3. The topological polar surface area (TPSA) is 36.4 Å². The van der Waals surface area contributed by atoms with Crippen LogP contribution in [0.4, 0.5) is 23.4 Å². The fraction of sp³-hybridized carbons (Fsp3) is 0.250. The van der Waals surface area contributed by atoms with Crippen molar-refractivity contribution >= 4 is 27.7 Å². The van der Waals surface area contributed by atoms with Crippen molar-refractivity contribution in [2.75, 3.05) is 31.1 Å². The Bertz CT molecular complexity index is 808. The first-order valence-corrected chi connectivity index (χ1v) is 8.16. The third-order valence-electron chi connectivity index (χ3n) is 3.94. The molecule has 1 saturated heterocycles. The molecule has 0 aliphatic carbocycles. The zero-order valence-corrected chi connectivity index (χ0v) is 14.4. The number of pyridine rings is 1. The Morgan fingerprint density at radius 1 is 1.00 bits per heavy atom. The Labute approximate surface area is 149 Å². The molecule has 2 heterocycles. The maximum atomic E-state index is 13.9. The van der Waals surface area contributed by atoms with E-state index in [4.69, 9.17) is 0 Å². The summed E-state index contributed by atoms with van der Waals surface area (Å²) in [5.74, 6) is -5.17. The zero-order valence-electron chi connectivity index (χ0n) is 12.8. The molecule has 0 radical (unpaired) electrons. The fourth-order valence-corrected chi connectivity index (χ4v) is 3.00. The van der Waals surface area contributed by atoms with Crippen molar-refractivity contribution < 1.29 is 22.4 Å². The number of halogens is 5. The first kappa shape index (κ1) is 17.7. The van der Waals surface area contributed by atoms with Crippen LogP contribution < -0.4 is 4.90 Å². The summed E-state index contributed by atoms with van der Waals surface area (Å²) in [5.41, 5.74) is -0.529. The number of hydrogen-bond donors (Lipinski definition) is 0. The highest BCUT2D eigenvalue weighted by molar-refractivity contribution is 9.10. The maximum absolute atomic E-state index is 13.9. The number of anilines is 1. The number of rotatable bonds is 2. The largest absolute Gasteiger partial charge is 0.353 e. The Morgan fingerprint density at radius 2 is 1.68 bits per heavy atom. The van der Waals surface area contributed by atoms with Crippen LogP contribution >= 0.6 is 15.9 Å². The molecule has 0 unspecified atom stereocenters. The summed E-state index contributed by atoms with van der Waals surface area (Å²) < 4.78 is 53.3. The van der Waals surface area contributed by atoms with Crippen molar-refractivity contribution in [1.29, 1.82) is 0 Å². The van der Waals surface area contributed by atoms with E-state index in [0.29, 0.717) is 18.9 Å². The number of carbonyl (C=O) groups excluding carboxylic acids is 1. The summed E-state index contributed by atoms with van der Waals surface area (Å²) in [4.78, 5) is 19.6. The standard InChI is InChI=1S/C16H12BrF4N3O/c17-11-7-10(13(19)15(21)14(11)20)16(25)24-5-3-23(4-6-24)12-2-1-9(18)8-22-12/h1-2,7-8H,3-6H2.